The zero-order valence-corrected chi connectivity index (χ0v) is 15.1. The highest BCUT2D eigenvalue weighted by Crippen LogP contribution is 2.15. The van der Waals surface area contributed by atoms with Crippen LogP contribution in [0.4, 0.5) is 0 Å². The van der Waals surface area contributed by atoms with Crippen molar-refractivity contribution < 1.29 is 0 Å². The summed E-state index contributed by atoms with van der Waals surface area (Å²) in [5.74, 6) is 0.899. The maximum absolute atomic E-state index is 4.57. The third-order valence-electron chi connectivity index (χ3n) is 3.17. The van der Waals surface area contributed by atoms with Gasteiger partial charge in [-0.3, -0.25) is 4.99 Å². The van der Waals surface area contributed by atoms with Gasteiger partial charge in [-0.25, -0.2) is 0 Å². The number of rotatable bonds is 5. The molecule has 3 nitrogen and oxygen atoms in total. The number of hydrogen-bond acceptors (Lipinski definition) is 1. The number of hydrogen-bond donors (Lipinski definition) is 2. The molecule has 0 unspecified atom stereocenters. The summed E-state index contributed by atoms with van der Waals surface area (Å²) < 4.78 is 0. The monoisotopic (exact) mass is 397 g/mol. The zero-order chi connectivity index (χ0) is 14.2. The molecule has 2 aromatic rings. The average Bonchev–Trinajstić information content (AvgIpc) is 2.47. The number of benzene rings is 2. The third-order valence-corrected chi connectivity index (χ3v) is 3.17. The molecule has 114 valence electrons. The van der Waals surface area contributed by atoms with Crippen LogP contribution < -0.4 is 10.6 Å². The molecule has 0 aliphatic rings. The van der Waals surface area contributed by atoms with Crippen molar-refractivity contribution in [1.29, 1.82) is 0 Å². The van der Waals surface area contributed by atoms with Gasteiger partial charge in [-0.15, -0.1) is 24.0 Å². The Bertz CT molecular complexity index is 573. The smallest absolute Gasteiger partial charge is 0.191 e. The number of aliphatic imine (C=N–C) groups is 1. The van der Waals surface area contributed by atoms with E-state index in [2.05, 4.69) is 71.9 Å². The molecule has 2 rings (SSSR count). The van der Waals surface area contributed by atoms with Crippen molar-refractivity contribution in [2.24, 2.45) is 4.99 Å². The Morgan fingerprint density at radius 2 is 1.62 bits per heavy atom. The van der Waals surface area contributed by atoms with Crippen LogP contribution in [0.2, 0.25) is 0 Å². The first-order valence-electron chi connectivity index (χ1n) is 7.33. The van der Waals surface area contributed by atoms with Gasteiger partial charge in [0.1, 0.15) is 0 Å². The molecule has 0 aliphatic heterocycles. The van der Waals surface area contributed by atoms with Crippen LogP contribution in [0.5, 0.6) is 0 Å². The normalized spacial score (nSPS) is 9.81. The molecule has 0 atom stereocenters. The minimum absolute atomic E-state index is 0. The topological polar surface area (TPSA) is 36.4 Å². The fourth-order valence-corrected chi connectivity index (χ4v) is 2.20. The molecular weight excluding hydrogens is 373 g/mol. The van der Waals surface area contributed by atoms with Gasteiger partial charge in [0.25, 0.3) is 0 Å². The van der Waals surface area contributed by atoms with E-state index < -0.39 is 0 Å². The van der Waals surface area contributed by atoms with E-state index in [1.54, 1.807) is 0 Å². The highest BCUT2D eigenvalue weighted by molar-refractivity contribution is 14.0. The number of guanidine groups is 1. The van der Waals surface area contributed by atoms with Crippen LogP contribution in [0, 0.1) is 0 Å². The lowest BCUT2D eigenvalue weighted by molar-refractivity contribution is 0.833. The summed E-state index contributed by atoms with van der Waals surface area (Å²) in [6, 6.07) is 15.1. The molecule has 2 N–H and O–H groups in total. The second kappa shape index (κ2) is 9.60. The molecule has 2 aromatic carbocycles. The largest absolute Gasteiger partial charge is 0.357 e. The summed E-state index contributed by atoms with van der Waals surface area (Å²) in [5, 5.41) is 9.07. The number of nitrogens with zero attached hydrogens (tertiary/aromatic N) is 1. The van der Waals surface area contributed by atoms with Crippen molar-refractivity contribution in [3.63, 3.8) is 0 Å². The molecule has 0 radical (unpaired) electrons. The molecule has 0 fully saturated rings. The van der Waals surface area contributed by atoms with Gasteiger partial charge in [-0.2, -0.15) is 0 Å². The SMILES string of the molecule is CCNC(=NCCc1ccc2ccccc2c1)NCC.I. The van der Waals surface area contributed by atoms with E-state index in [1.165, 1.54) is 16.3 Å². The lowest BCUT2D eigenvalue weighted by Crippen LogP contribution is -2.37. The minimum atomic E-state index is 0. The second-order valence-electron chi connectivity index (χ2n) is 4.72. The van der Waals surface area contributed by atoms with E-state index in [0.717, 1.165) is 32.0 Å². The first kappa shape index (κ1) is 17.8. The Balaban J connectivity index is 0.00000220. The Kier molecular flexibility index (Phi) is 8.12. The Morgan fingerprint density at radius 1 is 0.952 bits per heavy atom. The summed E-state index contributed by atoms with van der Waals surface area (Å²) in [4.78, 5) is 4.57. The fraction of sp³-hybridized carbons (Fsp3) is 0.353. The lowest BCUT2D eigenvalue weighted by atomic mass is 10.1. The molecule has 0 amide bonds. The molecule has 21 heavy (non-hydrogen) atoms. The molecule has 0 heterocycles. The highest BCUT2D eigenvalue weighted by atomic mass is 127. The van der Waals surface area contributed by atoms with Crippen LogP contribution in [-0.4, -0.2) is 25.6 Å². The predicted octanol–water partition coefficient (Wildman–Crippen LogP) is 3.58. The summed E-state index contributed by atoms with van der Waals surface area (Å²) in [7, 11) is 0. The third kappa shape index (κ3) is 5.53. The first-order chi connectivity index (χ1) is 9.83. The fourth-order valence-electron chi connectivity index (χ4n) is 2.20. The maximum atomic E-state index is 4.57. The Labute approximate surface area is 144 Å². The van der Waals surface area contributed by atoms with Crippen LogP contribution in [0.3, 0.4) is 0 Å². The molecule has 0 bridgehead atoms. The van der Waals surface area contributed by atoms with Crippen LogP contribution in [-0.2, 0) is 6.42 Å². The van der Waals surface area contributed by atoms with Crippen molar-refractivity contribution in [2.45, 2.75) is 20.3 Å². The lowest BCUT2D eigenvalue weighted by Gasteiger charge is -2.09. The molecule has 0 saturated carbocycles. The summed E-state index contributed by atoms with van der Waals surface area (Å²) in [6.45, 7) is 6.74. The van der Waals surface area contributed by atoms with Crippen molar-refractivity contribution in [2.75, 3.05) is 19.6 Å². The molecular formula is C17H24IN3. The van der Waals surface area contributed by atoms with Crippen molar-refractivity contribution in [3.8, 4) is 0 Å². The number of nitrogens with one attached hydrogen (secondary N) is 2. The van der Waals surface area contributed by atoms with E-state index in [9.17, 15) is 0 Å². The minimum Gasteiger partial charge on any atom is -0.357 e. The van der Waals surface area contributed by atoms with Gasteiger partial charge in [-0.05, 0) is 36.6 Å². The van der Waals surface area contributed by atoms with Gasteiger partial charge in [0.15, 0.2) is 5.96 Å². The van der Waals surface area contributed by atoms with Gasteiger partial charge in [0, 0.05) is 19.6 Å². The van der Waals surface area contributed by atoms with Crippen molar-refractivity contribution >= 4 is 40.7 Å². The quantitative estimate of drug-likeness (QED) is 0.460. The maximum Gasteiger partial charge on any atom is 0.191 e. The molecule has 0 aliphatic carbocycles. The summed E-state index contributed by atoms with van der Waals surface area (Å²) >= 11 is 0. The van der Waals surface area contributed by atoms with Crippen LogP contribution in [0.15, 0.2) is 47.5 Å². The molecule has 0 saturated heterocycles. The number of fused-ring (bicyclic) bond motifs is 1. The first-order valence-corrected chi connectivity index (χ1v) is 7.33. The van der Waals surface area contributed by atoms with Crippen LogP contribution in [0.1, 0.15) is 19.4 Å². The molecule has 0 aromatic heterocycles. The second-order valence-corrected chi connectivity index (χ2v) is 4.72. The Morgan fingerprint density at radius 3 is 2.29 bits per heavy atom. The van der Waals surface area contributed by atoms with Gasteiger partial charge in [-0.1, -0.05) is 42.5 Å². The van der Waals surface area contributed by atoms with Gasteiger partial charge >= 0.3 is 0 Å². The van der Waals surface area contributed by atoms with E-state index in [1.807, 2.05) is 0 Å². The zero-order valence-electron chi connectivity index (χ0n) is 12.7. The van der Waals surface area contributed by atoms with E-state index >= 15 is 0 Å². The van der Waals surface area contributed by atoms with Gasteiger partial charge < -0.3 is 10.6 Å². The van der Waals surface area contributed by atoms with Gasteiger partial charge in [0.2, 0.25) is 0 Å². The van der Waals surface area contributed by atoms with Crippen molar-refractivity contribution in [3.05, 3.63) is 48.0 Å². The summed E-state index contributed by atoms with van der Waals surface area (Å²) in [5.41, 5.74) is 1.33. The standard InChI is InChI=1S/C17H23N3.HI/c1-3-18-17(19-4-2)20-12-11-14-9-10-15-7-5-6-8-16(15)13-14;/h5-10,13H,3-4,11-12H2,1-2H3,(H2,18,19,20);1H. The molecule has 4 heteroatoms. The van der Waals surface area contributed by atoms with Crippen molar-refractivity contribution in [1.82, 2.24) is 10.6 Å². The average molecular weight is 397 g/mol. The summed E-state index contributed by atoms with van der Waals surface area (Å²) in [6.07, 6.45) is 0.963. The molecule has 0 spiro atoms. The van der Waals surface area contributed by atoms with E-state index in [-0.39, 0.29) is 24.0 Å². The van der Waals surface area contributed by atoms with Crippen LogP contribution in [0.25, 0.3) is 10.8 Å². The van der Waals surface area contributed by atoms with E-state index in [4.69, 9.17) is 0 Å². The Hall–Kier alpha value is -1.30. The van der Waals surface area contributed by atoms with Crippen LogP contribution >= 0.6 is 24.0 Å². The number of halogens is 1. The van der Waals surface area contributed by atoms with Gasteiger partial charge in [0.05, 0.1) is 0 Å². The predicted molar refractivity (Wildman–Crippen MR) is 103 cm³/mol. The highest BCUT2D eigenvalue weighted by Gasteiger charge is 1.97. The van der Waals surface area contributed by atoms with E-state index in [0.29, 0.717) is 0 Å².